The van der Waals surface area contributed by atoms with Crippen LogP contribution in [-0.4, -0.2) is 43.9 Å². The van der Waals surface area contributed by atoms with Crippen molar-refractivity contribution < 1.29 is 22.5 Å². The highest BCUT2D eigenvalue weighted by molar-refractivity contribution is 7.92. The van der Waals surface area contributed by atoms with E-state index in [1.807, 2.05) is 13.0 Å². The Kier molecular flexibility index (Phi) is 7.37. The van der Waals surface area contributed by atoms with Gasteiger partial charge in [-0.2, -0.15) is 4.98 Å². The van der Waals surface area contributed by atoms with Gasteiger partial charge in [0.2, 0.25) is 21.7 Å². The van der Waals surface area contributed by atoms with Gasteiger partial charge in [-0.1, -0.05) is 35.8 Å². The maximum atomic E-state index is 12.6. The second kappa shape index (κ2) is 10.0. The molecule has 0 radical (unpaired) electrons. The van der Waals surface area contributed by atoms with Crippen LogP contribution < -0.4 is 14.4 Å². The summed E-state index contributed by atoms with van der Waals surface area (Å²) in [5.74, 6) is 0.664. The summed E-state index contributed by atoms with van der Waals surface area (Å²) < 4.78 is 35.4. The molecule has 0 aliphatic heterocycles. The highest BCUT2D eigenvalue weighted by atomic mass is 35.5. The van der Waals surface area contributed by atoms with Gasteiger partial charge in [-0.3, -0.25) is 9.10 Å². The lowest BCUT2D eigenvalue weighted by atomic mass is 10.2. The Morgan fingerprint density at radius 2 is 1.91 bits per heavy atom. The van der Waals surface area contributed by atoms with Crippen LogP contribution in [0.4, 0.5) is 5.69 Å². The summed E-state index contributed by atoms with van der Waals surface area (Å²) in [6.45, 7) is 1.85. The SMILES string of the molecule is CC[C@@H](Oc1ccc(N(C)S(C)(=O)=O)cc1)C(=O)NCc1nc(-c2ccccc2Cl)no1. The van der Waals surface area contributed by atoms with Crippen molar-refractivity contribution in [3.8, 4) is 17.1 Å². The van der Waals surface area contributed by atoms with E-state index in [0.717, 1.165) is 10.6 Å². The number of hydrogen-bond acceptors (Lipinski definition) is 7. The van der Waals surface area contributed by atoms with Gasteiger partial charge in [-0.05, 0) is 42.8 Å². The number of carbonyl (C=O) groups excluding carboxylic acids is 1. The van der Waals surface area contributed by atoms with Gasteiger partial charge >= 0.3 is 0 Å². The molecule has 3 aromatic rings. The van der Waals surface area contributed by atoms with Gasteiger partial charge in [0.05, 0.1) is 23.5 Å². The average Bonchev–Trinajstić information content (AvgIpc) is 3.24. The quantitative estimate of drug-likeness (QED) is 0.502. The van der Waals surface area contributed by atoms with Crippen LogP contribution in [0.3, 0.4) is 0 Å². The number of anilines is 1. The van der Waals surface area contributed by atoms with E-state index in [-0.39, 0.29) is 18.3 Å². The summed E-state index contributed by atoms with van der Waals surface area (Å²) in [5.41, 5.74) is 1.12. The topological polar surface area (TPSA) is 115 Å². The zero-order valence-electron chi connectivity index (χ0n) is 17.8. The van der Waals surface area contributed by atoms with Crippen molar-refractivity contribution in [1.82, 2.24) is 15.5 Å². The number of ether oxygens (including phenoxy) is 1. The minimum Gasteiger partial charge on any atom is -0.481 e. The Labute approximate surface area is 191 Å². The summed E-state index contributed by atoms with van der Waals surface area (Å²) in [5, 5.41) is 7.11. The first-order chi connectivity index (χ1) is 15.2. The van der Waals surface area contributed by atoms with Crippen LogP contribution in [-0.2, 0) is 21.4 Å². The maximum Gasteiger partial charge on any atom is 0.261 e. The Balaban J connectivity index is 1.59. The summed E-state index contributed by atoms with van der Waals surface area (Å²) in [4.78, 5) is 16.8. The predicted octanol–water partition coefficient (Wildman–Crippen LogP) is 3.26. The van der Waals surface area contributed by atoms with Crippen molar-refractivity contribution >= 4 is 33.2 Å². The Morgan fingerprint density at radius 1 is 1.22 bits per heavy atom. The largest absolute Gasteiger partial charge is 0.481 e. The molecule has 0 saturated heterocycles. The number of rotatable bonds is 9. The van der Waals surface area contributed by atoms with Gasteiger partial charge in [-0.15, -0.1) is 0 Å². The van der Waals surface area contributed by atoms with Crippen molar-refractivity contribution in [3.05, 3.63) is 59.4 Å². The summed E-state index contributed by atoms with van der Waals surface area (Å²) >= 11 is 6.14. The molecule has 0 spiro atoms. The molecule has 0 bridgehead atoms. The molecule has 32 heavy (non-hydrogen) atoms. The van der Waals surface area contributed by atoms with Gasteiger partial charge < -0.3 is 14.6 Å². The first-order valence-corrected chi connectivity index (χ1v) is 12.0. The number of amides is 1. The molecule has 0 fully saturated rings. The molecule has 1 aromatic heterocycles. The van der Waals surface area contributed by atoms with Crippen LogP contribution in [0.2, 0.25) is 5.02 Å². The molecule has 2 aromatic carbocycles. The van der Waals surface area contributed by atoms with E-state index in [4.69, 9.17) is 20.9 Å². The van der Waals surface area contributed by atoms with Crippen molar-refractivity contribution in [2.24, 2.45) is 0 Å². The highest BCUT2D eigenvalue weighted by Crippen LogP contribution is 2.25. The second-order valence-electron chi connectivity index (χ2n) is 6.95. The lowest BCUT2D eigenvalue weighted by molar-refractivity contribution is -0.128. The molecule has 1 heterocycles. The lowest BCUT2D eigenvalue weighted by Crippen LogP contribution is -2.37. The lowest BCUT2D eigenvalue weighted by Gasteiger charge is -2.19. The third kappa shape index (κ3) is 5.77. The van der Waals surface area contributed by atoms with Gasteiger partial charge in [-0.25, -0.2) is 8.42 Å². The summed E-state index contributed by atoms with van der Waals surface area (Å²) in [7, 11) is -1.90. The number of benzene rings is 2. The zero-order chi connectivity index (χ0) is 23.3. The van der Waals surface area contributed by atoms with Crippen molar-refractivity contribution in [1.29, 1.82) is 0 Å². The van der Waals surface area contributed by atoms with Crippen LogP contribution in [0, 0.1) is 0 Å². The van der Waals surface area contributed by atoms with Crippen molar-refractivity contribution in [3.63, 3.8) is 0 Å². The average molecular weight is 479 g/mol. The van der Waals surface area contributed by atoms with E-state index in [9.17, 15) is 13.2 Å². The molecular weight excluding hydrogens is 456 g/mol. The van der Waals surface area contributed by atoms with E-state index < -0.39 is 16.1 Å². The van der Waals surface area contributed by atoms with E-state index in [2.05, 4.69) is 15.5 Å². The molecule has 0 unspecified atom stereocenters. The van der Waals surface area contributed by atoms with Gasteiger partial charge in [0, 0.05) is 12.6 Å². The molecule has 170 valence electrons. The maximum absolute atomic E-state index is 12.6. The molecule has 9 nitrogen and oxygen atoms in total. The van der Waals surface area contributed by atoms with Crippen LogP contribution in [0.25, 0.3) is 11.4 Å². The van der Waals surface area contributed by atoms with Crippen molar-refractivity contribution in [2.45, 2.75) is 26.0 Å². The van der Waals surface area contributed by atoms with Crippen LogP contribution in [0.15, 0.2) is 53.1 Å². The standard InChI is InChI=1S/C21H23ClN4O5S/c1-4-18(30-15-11-9-14(10-12-15)26(2)32(3,28)29)21(27)23-13-19-24-20(25-31-19)16-7-5-6-8-17(16)22/h5-12,18H,4,13H2,1-3H3,(H,23,27)/t18-/m1/s1. The number of halogens is 1. The van der Waals surface area contributed by atoms with E-state index in [0.29, 0.717) is 34.3 Å². The number of nitrogens with zero attached hydrogens (tertiary/aromatic N) is 3. The number of aromatic nitrogens is 2. The van der Waals surface area contributed by atoms with Gasteiger partial charge in [0.25, 0.3) is 5.91 Å². The summed E-state index contributed by atoms with van der Waals surface area (Å²) in [6, 6.07) is 13.6. The minimum atomic E-state index is -3.36. The van der Waals surface area contributed by atoms with E-state index in [1.54, 1.807) is 42.5 Å². The van der Waals surface area contributed by atoms with E-state index >= 15 is 0 Å². The molecule has 0 aliphatic carbocycles. The fourth-order valence-electron chi connectivity index (χ4n) is 2.77. The predicted molar refractivity (Wildman–Crippen MR) is 121 cm³/mol. The Hall–Kier alpha value is -3.11. The fraction of sp³-hybridized carbons (Fsp3) is 0.286. The van der Waals surface area contributed by atoms with Crippen LogP contribution in [0.5, 0.6) is 5.75 Å². The Morgan fingerprint density at radius 3 is 2.53 bits per heavy atom. The molecule has 0 aliphatic rings. The van der Waals surface area contributed by atoms with Crippen LogP contribution >= 0.6 is 11.6 Å². The first kappa shape index (κ1) is 23.6. The van der Waals surface area contributed by atoms with Crippen molar-refractivity contribution in [2.75, 3.05) is 17.6 Å². The second-order valence-corrected chi connectivity index (χ2v) is 9.37. The smallest absolute Gasteiger partial charge is 0.261 e. The van der Waals surface area contributed by atoms with Crippen LogP contribution in [0.1, 0.15) is 19.2 Å². The first-order valence-electron chi connectivity index (χ1n) is 9.75. The number of hydrogen-bond donors (Lipinski definition) is 1. The molecule has 3 rings (SSSR count). The summed E-state index contributed by atoms with van der Waals surface area (Å²) in [6.07, 6.45) is 0.792. The zero-order valence-corrected chi connectivity index (χ0v) is 19.4. The molecule has 0 saturated carbocycles. The number of sulfonamides is 1. The Bertz CT molecular complexity index is 1180. The third-order valence-corrected chi connectivity index (χ3v) is 6.17. The highest BCUT2D eigenvalue weighted by Gasteiger charge is 2.20. The monoisotopic (exact) mass is 478 g/mol. The van der Waals surface area contributed by atoms with Gasteiger partial charge in [0.15, 0.2) is 6.10 Å². The normalized spacial score (nSPS) is 12.2. The number of carbonyl (C=O) groups is 1. The minimum absolute atomic E-state index is 0.0360. The molecule has 11 heteroatoms. The number of nitrogens with one attached hydrogen (secondary N) is 1. The molecular formula is C21H23ClN4O5S. The third-order valence-electron chi connectivity index (χ3n) is 4.64. The molecule has 1 N–H and O–H groups in total. The molecule has 1 atom stereocenters. The fourth-order valence-corrected chi connectivity index (χ4v) is 3.49. The van der Waals surface area contributed by atoms with E-state index in [1.165, 1.54) is 7.05 Å². The molecule has 1 amide bonds. The van der Waals surface area contributed by atoms with Gasteiger partial charge in [0.1, 0.15) is 5.75 Å².